The molecule has 0 bridgehead atoms. The number of unbranched alkanes of at least 4 members (excludes halogenated alkanes) is 2. The smallest absolute Gasteiger partial charge is 0.159 e. The number of hydrogen-bond acceptors (Lipinski definition) is 0. The molecule has 0 nitrogen and oxygen atoms in total. The molecule has 4 rings (SSSR count). The molecule has 0 aromatic heterocycles. The Labute approximate surface area is 195 Å². The zero-order valence-electron chi connectivity index (χ0n) is 18.5. The van der Waals surface area contributed by atoms with Crippen LogP contribution in [0.1, 0.15) is 42.9 Å². The van der Waals surface area contributed by atoms with Crippen molar-refractivity contribution in [1.29, 1.82) is 0 Å². The van der Waals surface area contributed by atoms with Gasteiger partial charge in [0.25, 0.3) is 0 Å². The summed E-state index contributed by atoms with van der Waals surface area (Å²) in [7, 11) is 0. The molecule has 4 aromatic carbocycles. The van der Waals surface area contributed by atoms with Gasteiger partial charge in [-0.2, -0.15) is 0 Å². The van der Waals surface area contributed by atoms with Gasteiger partial charge in [-0.3, -0.25) is 0 Å². The summed E-state index contributed by atoms with van der Waals surface area (Å²) in [5.74, 6) is 1.08. The monoisotopic (exact) mass is 464 g/mol. The molecule has 0 unspecified atom stereocenters. The van der Waals surface area contributed by atoms with Gasteiger partial charge >= 0.3 is 0 Å². The third-order valence-electron chi connectivity index (χ3n) is 5.66. The van der Waals surface area contributed by atoms with E-state index in [2.05, 4.69) is 18.8 Å². The molecule has 0 saturated carbocycles. The summed E-state index contributed by atoms with van der Waals surface area (Å²) in [5.41, 5.74) is 1.20. The van der Waals surface area contributed by atoms with Crippen LogP contribution in [0.3, 0.4) is 0 Å². The van der Waals surface area contributed by atoms with Gasteiger partial charge < -0.3 is 0 Å². The molecule has 4 aromatic rings. The lowest BCUT2D eigenvalue weighted by molar-refractivity contribution is 0.511. The Morgan fingerprint density at radius 3 is 2.00 bits per heavy atom. The summed E-state index contributed by atoms with van der Waals surface area (Å²) in [6.07, 6.45) is 3.46. The number of halogens is 5. The molecule has 0 spiro atoms. The van der Waals surface area contributed by atoms with Crippen LogP contribution in [-0.4, -0.2) is 0 Å². The molecule has 34 heavy (non-hydrogen) atoms. The lowest BCUT2D eigenvalue weighted by atomic mass is 9.99. The van der Waals surface area contributed by atoms with Crippen LogP contribution in [0, 0.1) is 40.9 Å². The van der Waals surface area contributed by atoms with Gasteiger partial charge in [0.15, 0.2) is 11.6 Å². The van der Waals surface area contributed by atoms with Crippen molar-refractivity contribution < 1.29 is 22.0 Å². The fourth-order valence-corrected chi connectivity index (χ4v) is 3.84. The second kappa shape index (κ2) is 10.1. The first-order valence-electron chi connectivity index (χ1n) is 11.0. The first kappa shape index (κ1) is 23.5. The minimum absolute atomic E-state index is 0.242. The molecule has 172 valence electrons. The van der Waals surface area contributed by atoms with Crippen LogP contribution in [0.15, 0.2) is 60.7 Å². The zero-order valence-corrected chi connectivity index (χ0v) is 18.5. The lowest BCUT2D eigenvalue weighted by Gasteiger charge is -2.07. The van der Waals surface area contributed by atoms with Gasteiger partial charge in [0, 0.05) is 11.1 Å². The van der Waals surface area contributed by atoms with Crippen LogP contribution >= 0.6 is 0 Å². The molecule has 0 atom stereocenters. The van der Waals surface area contributed by atoms with E-state index >= 15 is 0 Å². The van der Waals surface area contributed by atoms with Crippen molar-refractivity contribution in [1.82, 2.24) is 0 Å². The van der Waals surface area contributed by atoms with Gasteiger partial charge in [-0.15, -0.1) is 0 Å². The van der Waals surface area contributed by atoms with Crippen LogP contribution in [0.4, 0.5) is 22.0 Å². The molecular weight excluding hydrogens is 443 g/mol. The van der Waals surface area contributed by atoms with Crippen LogP contribution < -0.4 is 0 Å². The second-order valence-corrected chi connectivity index (χ2v) is 8.16. The lowest BCUT2D eigenvalue weighted by Crippen LogP contribution is -1.95. The van der Waals surface area contributed by atoms with Crippen molar-refractivity contribution in [2.45, 2.75) is 32.6 Å². The first-order valence-corrected chi connectivity index (χ1v) is 11.0. The van der Waals surface area contributed by atoms with E-state index in [1.54, 1.807) is 18.2 Å². The third-order valence-corrected chi connectivity index (χ3v) is 5.66. The number of fused-ring (bicyclic) bond motifs is 1. The van der Waals surface area contributed by atoms with E-state index < -0.39 is 29.1 Å². The fraction of sp³-hybridized carbons (Fsp3) is 0.172. The van der Waals surface area contributed by atoms with Crippen molar-refractivity contribution in [2.24, 2.45) is 0 Å². The van der Waals surface area contributed by atoms with E-state index in [-0.39, 0.29) is 16.7 Å². The number of aryl methyl sites for hydroxylation is 1. The van der Waals surface area contributed by atoms with E-state index in [1.165, 1.54) is 30.3 Å². The van der Waals surface area contributed by atoms with Gasteiger partial charge in [0.1, 0.15) is 17.5 Å². The first-order chi connectivity index (χ1) is 16.4. The van der Waals surface area contributed by atoms with Crippen LogP contribution in [0.5, 0.6) is 0 Å². The van der Waals surface area contributed by atoms with Crippen molar-refractivity contribution in [3.63, 3.8) is 0 Å². The van der Waals surface area contributed by atoms with E-state index in [9.17, 15) is 22.0 Å². The van der Waals surface area contributed by atoms with Gasteiger partial charge in [-0.25, -0.2) is 22.0 Å². The van der Waals surface area contributed by atoms with Crippen molar-refractivity contribution in [3.8, 4) is 23.0 Å². The van der Waals surface area contributed by atoms with Crippen molar-refractivity contribution in [3.05, 3.63) is 106 Å². The van der Waals surface area contributed by atoms with Gasteiger partial charge in [0.05, 0.1) is 5.56 Å². The average Bonchev–Trinajstić information content (AvgIpc) is 2.79. The molecule has 0 saturated heterocycles. The van der Waals surface area contributed by atoms with E-state index in [4.69, 9.17) is 0 Å². The maximum atomic E-state index is 14.8. The quantitative estimate of drug-likeness (QED) is 0.158. The molecule has 0 heterocycles. The predicted molar refractivity (Wildman–Crippen MR) is 125 cm³/mol. The van der Waals surface area contributed by atoms with E-state index in [0.29, 0.717) is 28.3 Å². The van der Waals surface area contributed by atoms with Crippen LogP contribution in [0.25, 0.3) is 21.9 Å². The van der Waals surface area contributed by atoms with Crippen LogP contribution in [-0.2, 0) is 6.42 Å². The highest BCUT2D eigenvalue weighted by atomic mass is 19.2. The minimum Gasteiger partial charge on any atom is -0.206 e. The van der Waals surface area contributed by atoms with Gasteiger partial charge in [0.2, 0.25) is 0 Å². The maximum Gasteiger partial charge on any atom is 0.159 e. The Hall–Kier alpha value is -3.65. The molecule has 0 aliphatic carbocycles. The van der Waals surface area contributed by atoms with E-state index in [1.807, 2.05) is 0 Å². The summed E-state index contributed by atoms with van der Waals surface area (Å²) >= 11 is 0. The second-order valence-electron chi connectivity index (χ2n) is 8.16. The number of rotatable bonds is 5. The standard InChI is InChI=1S/C29H21F5/c1-2-3-4-5-19-13-26(31)24(27(32)14-19)11-7-18-6-10-23(25(30)12-18)21-9-8-20-16-28(33)29(34)17-22(20)15-21/h6,8-10,12-17H,2-5H2,1H3. The van der Waals surface area contributed by atoms with Crippen molar-refractivity contribution in [2.75, 3.05) is 0 Å². The summed E-state index contributed by atoms with van der Waals surface area (Å²) in [4.78, 5) is 0. The van der Waals surface area contributed by atoms with Gasteiger partial charge in [-0.05, 0) is 77.2 Å². The Morgan fingerprint density at radius 2 is 1.32 bits per heavy atom. The molecule has 0 radical (unpaired) electrons. The minimum atomic E-state index is -0.982. The predicted octanol–water partition coefficient (Wildman–Crippen LogP) is 8.33. The Kier molecular flexibility index (Phi) is 6.98. The van der Waals surface area contributed by atoms with Gasteiger partial charge in [-0.1, -0.05) is 49.8 Å². The SMILES string of the molecule is CCCCCc1cc(F)c(C#Cc2ccc(-c3ccc4cc(F)c(F)cc4c3)c(F)c2)c(F)c1. The van der Waals surface area contributed by atoms with E-state index in [0.717, 1.165) is 31.4 Å². The molecule has 0 amide bonds. The highest BCUT2D eigenvalue weighted by Crippen LogP contribution is 2.28. The zero-order chi connectivity index (χ0) is 24.2. The Bertz CT molecular complexity index is 1400. The fourth-order valence-electron chi connectivity index (χ4n) is 3.84. The maximum absolute atomic E-state index is 14.8. The normalized spacial score (nSPS) is 10.9. The molecule has 0 aliphatic rings. The summed E-state index contributed by atoms with van der Waals surface area (Å²) in [5, 5.41) is 0.926. The number of benzene rings is 4. The molecule has 0 fully saturated rings. The number of hydrogen-bond donors (Lipinski definition) is 0. The van der Waals surface area contributed by atoms with Crippen LogP contribution in [0.2, 0.25) is 0 Å². The molecular formula is C29H21F5. The average molecular weight is 464 g/mol. The summed E-state index contributed by atoms with van der Waals surface area (Å²) in [6.45, 7) is 2.06. The highest BCUT2D eigenvalue weighted by Gasteiger charge is 2.11. The molecule has 0 N–H and O–H groups in total. The molecule has 5 heteroatoms. The largest absolute Gasteiger partial charge is 0.206 e. The third kappa shape index (κ3) is 5.12. The molecule has 0 aliphatic heterocycles. The summed E-state index contributed by atoms with van der Waals surface area (Å²) < 4.78 is 70.6. The Balaban J connectivity index is 1.59. The Morgan fingerprint density at radius 1 is 0.618 bits per heavy atom. The summed E-state index contributed by atoms with van der Waals surface area (Å²) in [6, 6.07) is 13.7. The highest BCUT2D eigenvalue weighted by molar-refractivity contribution is 5.87. The topological polar surface area (TPSA) is 0 Å². The van der Waals surface area contributed by atoms with Crippen molar-refractivity contribution >= 4 is 10.8 Å².